The molecule has 1 aromatic carbocycles. The average Bonchev–Trinajstić information content (AvgIpc) is 2.79. The topological polar surface area (TPSA) is 70.7 Å². The number of hydrogen-bond acceptors (Lipinski definition) is 5. The van der Waals surface area contributed by atoms with Gasteiger partial charge in [0.25, 0.3) is 0 Å². The van der Waals surface area contributed by atoms with E-state index >= 15 is 0 Å². The van der Waals surface area contributed by atoms with Crippen molar-refractivity contribution in [2.75, 3.05) is 7.11 Å². The molecule has 1 aromatic heterocycles. The van der Waals surface area contributed by atoms with Gasteiger partial charge in [0.1, 0.15) is 12.0 Å². The Morgan fingerprint density at radius 2 is 2.00 bits per heavy atom. The zero-order valence-electron chi connectivity index (χ0n) is 9.28. The fourth-order valence-corrected chi connectivity index (χ4v) is 2.56. The summed E-state index contributed by atoms with van der Waals surface area (Å²) in [5.74, 6) is -0.563. The maximum Gasteiger partial charge on any atom is 0.497 e. The van der Waals surface area contributed by atoms with Crippen molar-refractivity contribution in [3.05, 3.63) is 52.3 Å². The second-order valence-electron chi connectivity index (χ2n) is 3.21. The van der Waals surface area contributed by atoms with Crippen LogP contribution in [0.5, 0.6) is 5.75 Å². The van der Waals surface area contributed by atoms with Gasteiger partial charge in [-0.15, -0.1) is 0 Å². The molecular formula is C10H9ClNO5P. The van der Waals surface area contributed by atoms with Crippen molar-refractivity contribution in [2.24, 2.45) is 0 Å². The Hall–Kier alpha value is -1.49. The van der Waals surface area contributed by atoms with Crippen molar-refractivity contribution in [3.63, 3.8) is 0 Å². The van der Waals surface area contributed by atoms with Gasteiger partial charge in [-0.2, -0.15) is 4.34 Å². The normalized spacial score (nSPS) is 14.1. The first-order valence-corrected chi connectivity index (χ1v) is 6.70. The number of hydrogen-bond donors (Lipinski definition) is 0. The molecule has 6 nitrogen and oxygen atoms in total. The van der Waals surface area contributed by atoms with Crippen molar-refractivity contribution >= 4 is 19.3 Å². The number of aromatic nitrogens is 1. The summed E-state index contributed by atoms with van der Waals surface area (Å²) in [5, 5.41) is 0.509. The molecule has 0 bridgehead atoms. The van der Waals surface area contributed by atoms with Crippen molar-refractivity contribution in [2.45, 2.75) is 0 Å². The second-order valence-corrected chi connectivity index (χ2v) is 5.56. The minimum Gasteiger partial charge on any atom is -0.416 e. The van der Waals surface area contributed by atoms with Crippen LogP contribution in [0.4, 0.5) is 0 Å². The molecule has 0 N–H and O–H groups in total. The second kappa shape index (κ2) is 5.02. The maximum absolute atomic E-state index is 12.3. The van der Waals surface area contributed by atoms with Gasteiger partial charge in [0, 0.05) is 12.1 Å². The van der Waals surface area contributed by atoms with Crippen LogP contribution in [-0.4, -0.2) is 11.4 Å². The van der Waals surface area contributed by atoms with E-state index < -0.39 is 13.5 Å². The molecule has 2 rings (SSSR count). The van der Waals surface area contributed by atoms with Gasteiger partial charge in [0.05, 0.1) is 6.20 Å². The van der Waals surface area contributed by atoms with Crippen molar-refractivity contribution in [1.29, 1.82) is 0 Å². The molecule has 0 fully saturated rings. The Kier molecular flexibility index (Phi) is 3.61. The van der Waals surface area contributed by atoms with Crippen LogP contribution in [0, 0.1) is 0 Å². The Bertz CT molecular complexity index is 632. The SMILES string of the molecule is COP(=O)(Oc1ccc(Cl)cc1)n1ccoc1=O. The number of halogens is 1. The van der Waals surface area contributed by atoms with E-state index in [-0.39, 0.29) is 5.75 Å². The quantitative estimate of drug-likeness (QED) is 0.809. The van der Waals surface area contributed by atoms with Crippen LogP contribution in [0.2, 0.25) is 5.02 Å². The van der Waals surface area contributed by atoms with Crippen molar-refractivity contribution < 1.29 is 18.0 Å². The first kappa shape index (κ1) is 13.0. The van der Waals surface area contributed by atoms with Crippen molar-refractivity contribution in [1.82, 2.24) is 4.34 Å². The number of benzene rings is 1. The van der Waals surface area contributed by atoms with E-state index in [0.29, 0.717) is 5.02 Å². The summed E-state index contributed by atoms with van der Waals surface area (Å²) in [5.41, 5.74) is 0. The van der Waals surface area contributed by atoms with E-state index in [2.05, 4.69) is 4.42 Å². The molecule has 1 unspecified atom stereocenters. The van der Waals surface area contributed by atoms with Gasteiger partial charge in [0.2, 0.25) is 0 Å². The number of oxazole rings is 1. The first-order chi connectivity index (χ1) is 8.55. The summed E-state index contributed by atoms with van der Waals surface area (Å²) in [6.45, 7) is 0. The molecule has 18 heavy (non-hydrogen) atoms. The highest BCUT2D eigenvalue weighted by Crippen LogP contribution is 2.47. The van der Waals surface area contributed by atoms with Gasteiger partial charge < -0.3 is 8.94 Å². The molecule has 0 amide bonds. The highest BCUT2D eigenvalue weighted by Gasteiger charge is 2.30. The fraction of sp³-hybridized carbons (Fsp3) is 0.100. The number of rotatable bonds is 4. The molecular weight excluding hydrogens is 281 g/mol. The van der Waals surface area contributed by atoms with Crippen LogP contribution in [0.1, 0.15) is 0 Å². The monoisotopic (exact) mass is 289 g/mol. The molecule has 0 aliphatic carbocycles. The molecule has 1 heterocycles. The first-order valence-electron chi connectivity index (χ1n) is 4.83. The summed E-state index contributed by atoms with van der Waals surface area (Å²) >= 11 is 5.72. The van der Waals surface area contributed by atoms with Gasteiger partial charge in [-0.25, -0.2) is 9.36 Å². The zero-order valence-corrected chi connectivity index (χ0v) is 10.9. The van der Waals surface area contributed by atoms with E-state index in [0.717, 1.165) is 10.6 Å². The lowest BCUT2D eigenvalue weighted by atomic mass is 10.3. The molecule has 2 aromatic rings. The third-order valence-electron chi connectivity index (χ3n) is 2.09. The number of nitrogens with zero attached hydrogens (tertiary/aromatic N) is 1. The fourth-order valence-electron chi connectivity index (χ4n) is 1.24. The van der Waals surface area contributed by atoms with Crippen LogP contribution < -0.4 is 10.3 Å². The van der Waals surface area contributed by atoms with E-state index in [1.807, 2.05) is 0 Å². The standard InChI is InChI=1S/C10H9ClNO5P/c1-15-18(14,12-6-7-16-10(12)13)17-9-4-2-8(11)3-5-9/h2-7H,1H3. The molecule has 0 spiro atoms. The summed E-state index contributed by atoms with van der Waals surface area (Å²) in [6, 6.07) is 6.16. The lowest BCUT2D eigenvalue weighted by Crippen LogP contribution is -2.16. The maximum atomic E-state index is 12.3. The van der Waals surface area contributed by atoms with E-state index in [4.69, 9.17) is 20.6 Å². The van der Waals surface area contributed by atoms with Gasteiger partial charge in [-0.1, -0.05) is 11.6 Å². The van der Waals surface area contributed by atoms with Gasteiger partial charge >= 0.3 is 13.5 Å². The Balaban J connectivity index is 2.35. The Morgan fingerprint density at radius 1 is 1.33 bits per heavy atom. The lowest BCUT2D eigenvalue weighted by molar-refractivity contribution is 0.308. The predicted molar refractivity (Wildman–Crippen MR) is 65.1 cm³/mol. The molecule has 96 valence electrons. The van der Waals surface area contributed by atoms with E-state index in [1.54, 1.807) is 12.1 Å². The predicted octanol–water partition coefficient (Wildman–Crippen LogP) is 2.78. The molecule has 0 saturated carbocycles. The van der Waals surface area contributed by atoms with E-state index in [9.17, 15) is 9.36 Å². The lowest BCUT2D eigenvalue weighted by Gasteiger charge is -2.16. The minimum absolute atomic E-state index is 0.262. The van der Waals surface area contributed by atoms with Crippen LogP contribution >= 0.6 is 19.3 Å². The summed E-state index contributed by atoms with van der Waals surface area (Å²) in [4.78, 5) is 11.3. The highest BCUT2D eigenvalue weighted by atomic mass is 35.5. The molecule has 0 radical (unpaired) electrons. The summed E-state index contributed by atoms with van der Waals surface area (Å²) in [6.07, 6.45) is 2.28. The Labute approximate surface area is 107 Å². The largest absolute Gasteiger partial charge is 0.497 e. The minimum atomic E-state index is -3.81. The Morgan fingerprint density at radius 3 is 2.50 bits per heavy atom. The van der Waals surface area contributed by atoms with Gasteiger partial charge in [-0.3, -0.25) is 4.52 Å². The molecule has 0 aliphatic rings. The van der Waals surface area contributed by atoms with Gasteiger partial charge in [-0.05, 0) is 24.3 Å². The van der Waals surface area contributed by atoms with Crippen molar-refractivity contribution in [3.8, 4) is 5.75 Å². The van der Waals surface area contributed by atoms with Crippen LogP contribution in [-0.2, 0) is 9.09 Å². The molecule has 0 aliphatic heterocycles. The van der Waals surface area contributed by atoms with Crippen LogP contribution in [0.15, 0.2) is 45.9 Å². The molecule has 1 atom stereocenters. The third kappa shape index (κ3) is 2.51. The third-order valence-corrected chi connectivity index (χ3v) is 4.07. The molecule has 0 saturated heterocycles. The summed E-state index contributed by atoms with van der Waals surface area (Å²) in [7, 11) is -2.64. The smallest absolute Gasteiger partial charge is 0.416 e. The molecule has 8 heteroatoms. The van der Waals surface area contributed by atoms with E-state index in [1.165, 1.54) is 25.4 Å². The van der Waals surface area contributed by atoms with Crippen LogP contribution in [0.25, 0.3) is 0 Å². The average molecular weight is 290 g/mol. The zero-order chi connectivity index (χ0) is 13.2. The highest BCUT2D eigenvalue weighted by molar-refractivity contribution is 7.52. The van der Waals surface area contributed by atoms with Gasteiger partial charge in [0.15, 0.2) is 0 Å². The summed E-state index contributed by atoms with van der Waals surface area (Å²) < 4.78 is 27.6. The van der Waals surface area contributed by atoms with Crippen LogP contribution in [0.3, 0.4) is 0 Å².